The van der Waals surface area contributed by atoms with Crippen LogP contribution in [0.3, 0.4) is 0 Å². The van der Waals surface area contributed by atoms with E-state index in [1.54, 1.807) is 0 Å². The van der Waals surface area contributed by atoms with Gasteiger partial charge >= 0.3 is 0 Å². The highest BCUT2D eigenvalue weighted by Gasteiger charge is 2.09. The molecule has 0 bridgehead atoms. The van der Waals surface area contributed by atoms with E-state index in [2.05, 4.69) is 77.6 Å². The molecular formula is C37H49N3O4. The molecule has 7 heteroatoms. The summed E-state index contributed by atoms with van der Waals surface area (Å²) in [5.74, 6) is 0.817. The van der Waals surface area contributed by atoms with E-state index >= 15 is 0 Å². The lowest BCUT2D eigenvalue weighted by Crippen LogP contribution is -2.30. The Morgan fingerprint density at radius 2 is 1.27 bits per heavy atom. The number of hydrogen-bond donors (Lipinski definition) is 2. The first-order valence-corrected chi connectivity index (χ1v) is 15.8. The zero-order chi connectivity index (χ0) is 31.6. The molecule has 0 atom stereocenters. The fourth-order valence-electron chi connectivity index (χ4n) is 4.75. The van der Waals surface area contributed by atoms with Crippen LogP contribution in [-0.4, -0.2) is 58.8 Å². The Balaban J connectivity index is 1.38. The number of benzene rings is 3. The molecule has 0 saturated heterocycles. The highest BCUT2D eigenvalue weighted by molar-refractivity contribution is 5.80. The van der Waals surface area contributed by atoms with Crippen molar-refractivity contribution in [2.75, 3.05) is 51.9 Å². The molecule has 0 unspecified atom stereocenters. The summed E-state index contributed by atoms with van der Waals surface area (Å²) in [6.45, 7) is 8.42. The second-order valence-corrected chi connectivity index (χ2v) is 11.1. The van der Waals surface area contributed by atoms with Gasteiger partial charge in [-0.1, -0.05) is 81.3 Å². The van der Waals surface area contributed by atoms with Gasteiger partial charge in [0, 0.05) is 45.7 Å². The first-order valence-electron chi connectivity index (χ1n) is 15.8. The Morgan fingerprint density at radius 3 is 1.84 bits per heavy atom. The SMILES string of the molecule is C=c1ccc(=C(c2ccc(OCCCC(=O)NCCOCCNC(=O)CCCCCC)cc2)c2ccc(N(C)C)cc2)cc1. The maximum absolute atomic E-state index is 12.2. The number of amides is 2. The summed E-state index contributed by atoms with van der Waals surface area (Å²) in [4.78, 5) is 26.0. The lowest BCUT2D eigenvalue weighted by atomic mass is 9.95. The van der Waals surface area contributed by atoms with Crippen LogP contribution in [0.15, 0.2) is 72.8 Å². The number of carbonyl (C=O) groups excluding carboxylic acids is 2. The zero-order valence-corrected chi connectivity index (χ0v) is 26.7. The van der Waals surface area contributed by atoms with Crippen LogP contribution in [0.1, 0.15) is 63.0 Å². The molecule has 7 nitrogen and oxygen atoms in total. The normalized spacial score (nSPS) is 10.7. The molecule has 0 aliphatic heterocycles. The van der Waals surface area contributed by atoms with Gasteiger partial charge in [-0.2, -0.15) is 0 Å². The average molecular weight is 600 g/mol. The monoisotopic (exact) mass is 599 g/mol. The quantitative estimate of drug-likeness (QED) is 0.194. The summed E-state index contributed by atoms with van der Waals surface area (Å²) in [6.07, 6.45) is 5.94. The molecule has 0 radical (unpaired) electrons. The predicted octanol–water partition coefficient (Wildman–Crippen LogP) is 4.79. The third-order valence-corrected chi connectivity index (χ3v) is 7.27. The van der Waals surface area contributed by atoms with Gasteiger partial charge in [0.1, 0.15) is 5.75 Å². The van der Waals surface area contributed by atoms with Crippen LogP contribution in [0.25, 0.3) is 12.2 Å². The third-order valence-electron chi connectivity index (χ3n) is 7.27. The van der Waals surface area contributed by atoms with Crippen molar-refractivity contribution in [1.82, 2.24) is 10.6 Å². The molecule has 236 valence electrons. The number of nitrogens with zero attached hydrogens (tertiary/aromatic N) is 1. The molecule has 2 amide bonds. The summed E-state index contributed by atoms with van der Waals surface area (Å²) >= 11 is 0. The van der Waals surface area contributed by atoms with Gasteiger partial charge in [0.15, 0.2) is 0 Å². The molecule has 0 saturated carbocycles. The van der Waals surface area contributed by atoms with E-state index < -0.39 is 0 Å². The van der Waals surface area contributed by atoms with Gasteiger partial charge in [-0.15, -0.1) is 0 Å². The van der Waals surface area contributed by atoms with E-state index in [4.69, 9.17) is 9.47 Å². The number of carbonyl (C=O) groups is 2. The van der Waals surface area contributed by atoms with Gasteiger partial charge in [-0.25, -0.2) is 0 Å². The van der Waals surface area contributed by atoms with Crippen LogP contribution in [0.5, 0.6) is 5.75 Å². The molecule has 2 N–H and O–H groups in total. The van der Waals surface area contributed by atoms with Crippen LogP contribution >= 0.6 is 0 Å². The van der Waals surface area contributed by atoms with Gasteiger partial charge in [0.05, 0.1) is 19.8 Å². The first kappa shape index (κ1) is 34.4. The van der Waals surface area contributed by atoms with Crippen molar-refractivity contribution in [3.05, 3.63) is 94.4 Å². The first-order chi connectivity index (χ1) is 21.4. The topological polar surface area (TPSA) is 79.9 Å². The minimum Gasteiger partial charge on any atom is -0.494 e. The number of unbranched alkanes of at least 4 members (excludes halogenated alkanes) is 3. The Bertz CT molecular complexity index is 1380. The predicted molar refractivity (Wildman–Crippen MR) is 180 cm³/mol. The fourth-order valence-corrected chi connectivity index (χ4v) is 4.75. The number of nitrogens with one attached hydrogen (secondary N) is 2. The van der Waals surface area contributed by atoms with Crippen molar-refractivity contribution in [1.29, 1.82) is 0 Å². The summed E-state index contributed by atoms with van der Waals surface area (Å²) in [6, 6.07) is 25.0. The average Bonchev–Trinajstić information content (AvgIpc) is 3.03. The summed E-state index contributed by atoms with van der Waals surface area (Å²) in [5.41, 5.74) is 4.53. The van der Waals surface area contributed by atoms with Gasteiger partial charge in [-0.05, 0) is 64.2 Å². The van der Waals surface area contributed by atoms with Gasteiger partial charge in [0.25, 0.3) is 0 Å². The standard InChI is InChI=1S/C37H49N3O4/c1-5-6-7-8-10-35(41)38-24-27-43-28-25-39-36(42)11-9-26-44-34-22-18-32(19-23-34)37(30-14-12-29(2)13-15-30)31-16-20-33(21-17-31)40(3)4/h12-23H,2,5-11,24-28H2,1,3-4H3,(H,38,41)(H,39,42). The summed E-state index contributed by atoms with van der Waals surface area (Å²) < 4.78 is 11.4. The van der Waals surface area contributed by atoms with Crippen LogP contribution in [0.4, 0.5) is 5.69 Å². The Morgan fingerprint density at radius 1 is 0.705 bits per heavy atom. The van der Waals surface area contributed by atoms with Gasteiger partial charge in [-0.3, -0.25) is 9.59 Å². The van der Waals surface area contributed by atoms with E-state index in [1.165, 1.54) is 6.42 Å². The Hall–Kier alpha value is -4.10. The van der Waals surface area contributed by atoms with E-state index in [9.17, 15) is 9.59 Å². The summed E-state index contributed by atoms with van der Waals surface area (Å²) in [5, 5.41) is 7.84. The minimum atomic E-state index is -0.0271. The third kappa shape index (κ3) is 12.3. The molecular weight excluding hydrogens is 550 g/mol. The molecule has 0 aromatic heterocycles. The smallest absolute Gasteiger partial charge is 0.220 e. The van der Waals surface area contributed by atoms with Crippen LogP contribution in [-0.2, 0) is 14.3 Å². The second kappa shape index (κ2) is 19.2. The minimum absolute atomic E-state index is 0.0271. The summed E-state index contributed by atoms with van der Waals surface area (Å²) in [7, 11) is 4.08. The molecule has 44 heavy (non-hydrogen) atoms. The van der Waals surface area contributed by atoms with Crippen molar-refractivity contribution in [2.45, 2.75) is 51.9 Å². The van der Waals surface area contributed by atoms with Crippen molar-refractivity contribution >= 4 is 29.7 Å². The molecule has 3 aromatic rings. The number of anilines is 1. The highest BCUT2D eigenvalue weighted by atomic mass is 16.5. The van der Waals surface area contributed by atoms with Crippen molar-refractivity contribution in [3.63, 3.8) is 0 Å². The molecule has 3 rings (SSSR count). The van der Waals surface area contributed by atoms with Crippen LogP contribution < -0.4 is 30.7 Å². The number of hydrogen-bond acceptors (Lipinski definition) is 5. The van der Waals surface area contributed by atoms with Crippen LogP contribution in [0, 0.1) is 0 Å². The van der Waals surface area contributed by atoms with Crippen LogP contribution in [0.2, 0.25) is 0 Å². The lowest BCUT2D eigenvalue weighted by Gasteiger charge is -2.15. The number of rotatable bonds is 19. The Labute approximate surface area is 263 Å². The van der Waals surface area contributed by atoms with E-state index in [0.717, 1.165) is 57.8 Å². The van der Waals surface area contributed by atoms with Crippen molar-refractivity contribution in [3.8, 4) is 5.75 Å². The largest absolute Gasteiger partial charge is 0.494 e. The van der Waals surface area contributed by atoms with Gasteiger partial charge < -0.3 is 25.0 Å². The van der Waals surface area contributed by atoms with E-state index in [1.807, 2.05) is 38.4 Å². The highest BCUT2D eigenvalue weighted by Crippen LogP contribution is 2.25. The number of ether oxygens (including phenoxy) is 2. The molecule has 0 heterocycles. The second-order valence-electron chi connectivity index (χ2n) is 11.1. The molecule has 0 spiro atoms. The molecule has 0 fully saturated rings. The van der Waals surface area contributed by atoms with Gasteiger partial charge in [0.2, 0.25) is 11.8 Å². The maximum atomic E-state index is 12.2. The zero-order valence-electron chi connectivity index (χ0n) is 26.7. The molecule has 3 aromatic carbocycles. The van der Waals surface area contributed by atoms with E-state index in [-0.39, 0.29) is 11.8 Å². The lowest BCUT2D eigenvalue weighted by molar-refractivity contribution is -0.121. The fraction of sp³-hybridized carbons (Fsp3) is 0.405. The maximum Gasteiger partial charge on any atom is 0.220 e. The Kier molecular flexibility index (Phi) is 15.0. The molecule has 0 aliphatic rings. The van der Waals surface area contributed by atoms with E-state index in [0.29, 0.717) is 52.2 Å². The van der Waals surface area contributed by atoms with Crippen molar-refractivity contribution < 1.29 is 19.1 Å². The van der Waals surface area contributed by atoms with Crippen molar-refractivity contribution in [2.24, 2.45) is 0 Å². The molecule has 0 aliphatic carbocycles.